The molecular formula is C15H9Cl2N5O2. The van der Waals surface area contributed by atoms with Crippen LogP contribution in [0.4, 0.5) is 0 Å². The van der Waals surface area contributed by atoms with Gasteiger partial charge in [0.1, 0.15) is 10.8 Å². The molecule has 0 unspecified atom stereocenters. The zero-order valence-electron chi connectivity index (χ0n) is 12.2. The Morgan fingerprint density at radius 2 is 1.92 bits per heavy atom. The molecule has 0 fully saturated rings. The normalized spacial score (nSPS) is 11.5. The van der Waals surface area contributed by atoms with E-state index in [-0.39, 0.29) is 16.1 Å². The Labute approximate surface area is 143 Å². The average Bonchev–Trinajstić information content (AvgIpc) is 2.90. The fraction of sp³-hybridized carbons (Fsp3) is 0.0667. The van der Waals surface area contributed by atoms with Gasteiger partial charge in [-0.3, -0.25) is 19.9 Å². The van der Waals surface area contributed by atoms with Crippen LogP contribution >= 0.6 is 23.2 Å². The molecule has 0 bridgehead atoms. The Bertz CT molecular complexity index is 1240. The van der Waals surface area contributed by atoms with E-state index in [1.807, 2.05) is 19.1 Å². The van der Waals surface area contributed by atoms with Crippen molar-refractivity contribution < 1.29 is 0 Å². The number of rotatable bonds is 1. The van der Waals surface area contributed by atoms with Crippen LogP contribution in [0.25, 0.3) is 33.2 Å². The highest BCUT2D eigenvalue weighted by atomic mass is 35.5. The van der Waals surface area contributed by atoms with Crippen LogP contribution in [-0.2, 0) is 0 Å². The van der Waals surface area contributed by atoms with Gasteiger partial charge in [0.2, 0.25) is 0 Å². The van der Waals surface area contributed by atoms with Gasteiger partial charge in [-0.05, 0) is 24.6 Å². The lowest BCUT2D eigenvalue weighted by molar-refractivity contribution is 1.06. The lowest BCUT2D eigenvalue weighted by atomic mass is 10.0. The van der Waals surface area contributed by atoms with Gasteiger partial charge in [0.05, 0.1) is 21.6 Å². The number of hydrogen-bond donors (Lipinski definition) is 3. The third kappa shape index (κ3) is 2.13. The molecule has 7 nitrogen and oxygen atoms in total. The Morgan fingerprint density at radius 1 is 1.12 bits per heavy atom. The first-order valence-electron chi connectivity index (χ1n) is 6.92. The second-order valence-corrected chi connectivity index (χ2v) is 6.10. The summed E-state index contributed by atoms with van der Waals surface area (Å²) >= 11 is 12.6. The van der Waals surface area contributed by atoms with E-state index in [0.717, 1.165) is 5.56 Å². The van der Waals surface area contributed by atoms with Gasteiger partial charge in [0, 0.05) is 10.9 Å². The van der Waals surface area contributed by atoms with Crippen molar-refractivity contribution in [2.24, 2.45) is 0 Å². The van der Waals surface area contributed by atoms with Crippen molar-refractivity contribution in [2.75, 3.05) is 0 Å². The summed E-state index contributed by atoms with van der Waals surface area (Å²) in [4.78, 5) is 32.4. The summed E-state index contributed by atoms with van der Waals surface area (Å²) in [6.07, 6.45) is 0. The number of fused-ring (bicyclic) bond motifs is 2. The lowest BCUT2D eigenvalue weighted by Crippen LogP contribution is -2.22. The van der Waals surface area contributed by atoms with Gasteiger partial charge in [-0.25, -0.2) is 9.78 Å². The zero-order chi connectivity index (χ0) is 17.0. The maximum atomic E-state index is 11.9. The minimum Gasteiger partial charge on any atom is -0.291 e. The average molecular weight is 362 g/mol. The third-order valence-electron chi connectivity index (χ3n) is 3.80. The molecule has 0 aliphatic rings. The van der Waals surface area contributed by atoms with Gasteiger partial charge in [0.15, 0.2) is 0 Å². The molecule has 9 heteroatoms. The van der Waals surface area contributed by atoms with E-state index in [4.69, 9.17) is 23.2 Å². The molecule has 0 saturated carbocycles. The minimum absolute atomic E-state index is 0.152. The number of pyridine rings is 1. The number of halogens is 2. The second-order valence-electron chi connectivity index (χ2n) is 5.31. The van der Waals surface area contributed by atoms with E-state index >= 15 is 0 Å². The molecular weight excluding hydrogens is 353 g/mol. The van der Waals surface area contributed by atoms with Crippen LogP contribution in [0, 0.1) is 6.92 Å². The first kappa shape index (κ1) is 14.9. The number of nitrogens with zero attached hydrogens (tertiary/aromatic N) is 2. The van der Waals surface area contributed by atoms with Crippen LogP contribution < -0.4 is 11.2 Å². The maximum absolute atomic E-state index is 11.9. The van der Waals surface area contributed by atoms with Crippen molar-refractivity contribution >= 4 is 45.1 Å². The summed E-state index contributed by atoms with van der Waals surface area (Å²) in [5.74, 6) is 0. The van der Waals surface area contributed by atoms with E-state index in [2.05, 4.69) is 25.1 Å². The largest absolute Gasteiger partial charge is 0.327 e. The molecule has 1 aromatic carbocycles. The fourth-order valence-electron chi connectivity index (χ4n) is 2.72. The Morgan fingerprint density at radius 3 is 2.71 bits per heavy atom. The van der Waals surface area contributed by atoms with E-state index in [0.29, 0.717) is 27.3 Å². The van der Waals surface area contributed by atoms with Gasteiger partial charge < -0.3 is 0 Å². The number of H-pyrrole nitrogens is 3. The number of aryl methyl sites for hydroxylation is 1. The zero-order valence-corrected chi connectivity index (χ0v) is 13.7. The number of hydrogen-bond acceptors (Lipinski definition) is 4. The molecule has 4 rings (SSSR count). The molecule has 3 aromatic heterocycles. The molecule has 4 aromatic rings. The summed E-state index contributed by atoms with van der Waals surface area (Å²) in [6.45, 7) is 1.89. The Kier molecular flexibility index (Phi) is 3.22. The molecule has 0 spiro atoms. The molecule has 120 valence electrons. The van der Waals surface area contributed by atoms with E-state index in [1.165, 1.54) is 6.07 Å². The molecule has 3 N–H and O–H groups in total. The molecule has 0 atom stereocenters. The van der Waals surface area contributed by atoms with E-state index in [9.17, 15) is 9.59 Å². The fourth-order valence-corrected chi connectivity index (χ4v) is 3.20. The molecule has 3 heterocycles. The molecule has 0 radical (unpaired) electrons. The van der Waals surface area contributed by atoms with Gasteiger partial charge in [-0.15, -0.1) is 0 Å². The number of nitrogens with one attached hydrogen (secondary N) is 3. The van der Waals surface area contributed by atoms with Crippen molar-refractivity contribution in [1.82, 2.24) is 25.1 Å². The highest BCUT2D eigenvalue weighted by Gasteiger charge is 2.18. The lowest BCUT2D eigenvalue weighted by Gasteiger charge is -2.10. The molecule has 0 aliphatic heterocycles. The Balaban J connectivity index is 2.16. The summed E-state index contributed by atoms with van der Waals surface area (Å²) in [7, 11) is 0. The standard InChI is InChI=1S/C15H9Cl2N5O2/c1-5-2-3-8-10(12(17)22-21-8)9(5)11-7(16)4-6-13(18-11)19-15(24)20-14(6)23/h2-4H,1H3,(H,21,22)(H2,18,19,20,23,24). The van der Waals surface area contributed by atoms with Crippen LogP contribution in [0.3, 0.4) is 0 Å². The molecule has 0 saturated heterocycles. The van der Waals surface area contributed by atoms with Crippen LogP contribution in [0.5, 0.6) is 0 Å². The first-order valence-corrected chi connectivity index (χ1v) is 7.67. The molecule has 0 aliphatic carbocycles. The Hall–Kier alpha value is -2.64. The molecule has 0 amide bonds. The highest BCUT2D eigenvalue weighted by molar-refractivity contribution is 6.37. The topological polar surface area (TPSA) is 107 Å². The SMILES string of the molecule is Cc1ccc2n[nH]c(Cl)c2c1-c1nc2[nH]c(=O)[nH]c(=O)c2cc1Cl. The van der Waals surface area contributed by atoms with E-state index < -0.39 is 11.2 Å². The van der Waals surface area contributed by atoms with Crippen molar-refractivity contribution in [3.05, 3.63) is 54.8 Å². The monoisotopic (exact) mass is 361 g/mol. The smallest absolute Gasteiger partial charge is 0.291 e. The quantitative estimate of drug-likeness (QED) is 0.484. The summed E-state index contributed by atoms with van der Waals surface area (Å²) < 4.78 is 0. The predicted molar refractivity (Wildman–Crippen MR) is 92.8 cm³/mol. The predicted octanol–water partition coefficient (Wildman–Crippen LogP) is 2.77. The van der Waals surface area contributed by atoms with Gasteiger partial charge >= 0.3 is 5.69 Å². The van der Waals surface area contributed by atoms with Crippen molar-refractivity contribution in [1.29, 1.82) is 0 Å². The van der Waals surface area contributed by atoms with Crippen LogP contribution in [0.2, 0.25) is 10.2 Å². The first-order chi connectivity index (χ1) is 11.5. The van der Waals surface area contributed by atoms with E-state index in [1.54, 1.807) is 0 Å². The van der Waals surface area contributed by atoms with Gasteiger partial charge in [-0.2, -0.15) is 5.10 Å². The van der Waals surface area contributed by atoms with Crippen molar-refractivity contribution in [2.45, 2.75) is 6.92 Å². The van der Waals surface area contributed by atoms with Crippen LogP contribution in [-0.4, -0.2) is 25.1 Å². The maximum Gasteiger partial charge on any atom is 0.327 e. The second kappa shape index (κ2) is 5.19. The molecule has 24 heavy (non-hydrogen) atoms. The minimum atomic E-state index is -0.635. The number of aromatic nitrogens is 5. The number of aromatic amines is 3. The van der Waals surface area contributed by atoms with Crippen molar-refractivity contribution in [3.8, 4) is 11.3 Å². The highest BCUT2D eigenvalue weighted by Crippen LogP contribution is 2.37. The van der Waals surface area contributed by atoms with Crippen LogP contribution in [0.15, 0.2) is 27.8 Å². The third-order valence-corrected chi connectivity index (χ3v) is 4.36. The van der Waals surface area contributed by atoms with Crippen LogP contribution in [0.1, 0.15) is 5.56 Å². The van der Waals surface area contributed by atoms with Gasteiger partial charge in [-0.1, -0.05) is 29.3 Å². The summed E-state index contributed by atoms with van der Waals surface area (Å²) in [5.41, 5.74) is 1.62. The number of benzene rings is 1. The summed E-state index contributed by atoms with van der Waals surface area (Å²) in [6, 6.07) is 5.18. The summed E-state index contributed by atoms with van der Waals surface area (Å²) in [5, 5.41) is 8.36. The van der Waals surface area contributed by atoms with Crippen molar-refractivity contribution in [3.63, 3.8) is 0 Å². The van der Waals surface area contributed by atoms with Gasteiger partial charge in [0.25, 0.3) is 5.56 Å².